The first-order valence-corrected chi connectivity index (χ1v) is 22.7. The molecule has 0 bridgehead atoms. The van der Waals surface area contributed by atoms with Crippen molar-refractivity contribution in [3.05, 3.63) is 87.7 Å². The van der Waals surface area contributed by atoms with E-state index in [0.29, 0.717) is 58.9 Å². The highest BCUT2D eigenvalue weighted by Crippen LogP contribution is 2.53. The van der Waals surface area contributed by atoms with E-state index in [9.17, 15) is 19.2 Å². The van der Waals surface area contributed by atoms with Gasteiger partial charge in [-0.25, -0.2) is 19.2 Å². The standard InChI is InChI=1S/C49H57FN8O5/c1-27(2)20-41(59)57-18-8-11-40(57)45-53-37-15-12-29(21-32(37)46(60)56-45)42-34-24-49(16-6-7-17-49)23-33(34)31(22-35(42)50)36-14-13-30(25-51-36)38-26-52-44(54-38)39-10-9-19-58(39)47(61)43(28(3)4)55-48(62)63-5/h12-15,21-22,25-28,39-40,43H,6-11,16-20,23-24H2,1-5H3,(H,52,54)(H,55,62)(H,53,56,60)/t39-,40-,43?/m0/s1. The minimum Gasteiger partial charge on any atom is -0.453 e. The number of rotatable bonds is 10. The zero-order chi connectivity index (χ0) is 44.2. The summed E-state index contributed by atoms with van der Waals surface area (Å²) in [4.78, 5) is 77.0. The number of carbonyl (C=O) groups excluding carboxylic acids is 3. The van der Waals surface area contributed by atoms with Gasteiger partial charge in [0.1, 0.15) is 23.5 Å². The molecular weight excluding hydrogens is 800 g/mol. The number of aromatic amines is 2. The van der Waals surface area contributed by atoms with Gasteiger partial charge >= 0.3 is 6.09 Å². The fourth-order valence-electron chi connectivity index (χ4n) is 10.8. The minimum absolute atomic E-state index is 0.0664. The second-order valence-corrected chi connectivity index (χ2v) is 19.0. The van der Waals surface area contributed by atoms with E-state index < -0.39 is 12.1 Å². The summed E-state index contributed by atoms with van der Waals surface area (Å²) >= 11 is 0. The first kappa shape index (κ1) is 42.4. The van der Waals surface area contributed by atoms with Gasteiger partial charge in [-0.15, -0.1) is 0 Å². The number of nitrogens with one attached hydrogen (secondary N) is 3. The van der Waals surface area contributed by atoms with Gasteiger partial charge in [0.05, 0.1) is 47.7 Å². The molecule has 2 aliphatic carbocycles. The van der Waals surface area contributed by atoms with Crippen molar-refractivity contribution in [2.24, 2.45) is 17.3 Å². The fraction of sp³-hybridized carbons (Fsp3) is 0.490. The van der Waals surface area contributed by atoms with Crippen molar-refractivity contribution in [1.82, 2.24) is 40.0 Å². The lowest BCUT2D eigenvalue weighted by Crippen LogP contribution is -2.51. The number of benzene rings is 2. The topological polar surface area (TPSA) is 166 Å². The Kier molecular flexibility index (Phi) is 11.4. The Labute approximate surface area is 366 Å². The van der Waals surface area contributed by atoms with Crippen molar-refractivity contribution in [2.75, 3.05) is 20.2 Å². The number of fused-ring (bicyclic) bond motifs is 2. The van der Waals surface area contributed by atoms with Crippen LogP contribution in [-0.2, 0) is 27.2 Å². The number of hydrogen-bond acceptors (Lipinski definition) is 8. The van der Waals surface area contributed by atoms with E-state index in [1.165, 1.54) is 7.11 Å². The molecule has 13 nitrogen and oxygen atoms in total. The second-order valence-electron chi connectivity index (χ2n) is 19.0. The van der Waals surface area contributed by atoms with Gasteiger partial charge in [0, 0.05) is 42.4 Å². The van der Waals surface area contributed by atoms with Gasteiger partial charge in [-0.2, -0.15) is 0 Å². The molecule has 63 heavy (non-hydrogen) atoms. The third-order valence-corrected chi connectivity index (χ3v) is 13.9. The molecule has 3 N–H and O–H groups in total. The summed E-state index contributed by atoms with van der Waals surface area (Å²) < 4.78 is 21.6. The van der Waals surface area contributed by atoms with Crippen molar-refractivity contribution in [3.63, 3.8) is 0 Å². The summed E-state index contributed by atoms with van der Waals surface area (Å²) in [5.41, 5.74) is 6.59. The maximum absolute atomic E-state index is 16.9. The number of halogens is 1. The van der Waals surface area contributed by atoms with Crippen molar-refractivity contribution in [1.29, 1.82) is 0 Å². The third kappa shape index (κ3) is 8.01. The van der Waals surface area contributed by atoms with Crippen molar-refractivity contribution in [2.45, 2.75) is 116 Å². The third-order valence-electron chi connectivity index (χ3n) is 13.9. The number of hydrogen-bond donors (Lipinski definition) is 3. The number of carbonyl (C=O) groups is 3. The Morgan fingerprint density at radius 3 is 2.29 bits per heavy atom. The maximum atomic E-state index is 16.9. The number of alkyl carbamates (subject to hydrolysis) is 1. The van der Waals surface area contributed by atoms with E-state index in [4.69, 9.17) is 19.7 Å². The van der Waals surface area contributed by atoms with Crippen molar-refractivity contribution >= 4 is 28.8 Å². The molecule has 3 atom stereocenters. The summed E-state index contributed by atoms with van der Waals surface area (Å²) in [5, 5.41) is 3.09. The summed E-state index contributed by atoms with van der Waals surface area (Å²) in [5.74, 6) is 0.813. The molecule has 1 spiro atoms. The number of imidazole rings is 1. The van der Waals surface area contributed by atoms with Gasteiger partial charge in [-0.3, -0.25) is 19.4 Å². The average Bonchev–Trinajstić information content (AvgIpc) is 4.13. The first-order chi connectivity index (χ1) is 30.3. The van der Waals surface area contributed by atoms with Gasteiger partial charge in [0.25, 0.3) is 5.56 Å². The lowest BCUT2D eigenvalue weighted by atomic mass is 9.82. The lowest BCUT2D eigenvalue weighted by Gasteiger charge is -2.30. The van der Waals surface area contributed by atoms with Crippen LogP contribution in [-0.4, -0.2) is 78.9 Å². The fourth-order valence-corrected chi connectivity index (χ4v) is 10.8. The van der Waals surface area contributed by atoms with Crippen LogP contribution in [0.1, 0.15) is 120 Å². The molecule has 3 fully saturated rings. The molecule has 4 aliphatic rings. The molecule has 2 saturated heterocycles. The number of methoxy groups -OCH3 is 1. The molecule has 3 amide bonds. The van der Waals surface area contributed by atoms with Gasteiger partial charge in [0.2, 0.25) is 11.8 Å². The van der Waals surface area contributed by atoms with Crippen molar-refractivity contribution < 1.29 is 23.5 Å². The molecule has 14 heteroatoms. The van der Waals surface area contributed by atoms with Crippen LogP contribution in [0.3, 0.4) is 0 Å². The van der Waals surface area contributed by atoms with Gasteiger partial charge in [-0.1, -0.05) is 46.6 Å². The van der Waals surface area contributed by atoms with Crippen LogP contribution in [0.5, 0.6) is 0 Å². The molecular formula is C49H57FN8O5. The van der Waals surface area contributed by atoms with Crippen LogP contribution >= 0.6 is 0 Å². The normalized spacial score (nSPS) is 19.7. The molecule has 5 aromatic rings. The number of ether oxygens (including phenoxy) is 1. The predicted octanol–water partition coefficient (Wildman–Crippen LogP) is 8.59. The molecule has 0 radical (unpaired) electrons. The smallest absolute Gasteiger partial charge is 0.407 e. The highest BCUT2D eigenvalue weighted by Gasteiger charge is 2.43. The molecule has 5 heterocycles. The quantitative estimate of drug-likeness (QED) is 0.126. The number of nitrogens with zero attached hydrogens (tertiary/aromatic N) is 5. The largest absolute Gasteiger partial charge is 0.453 e. The van der Waals surface area contributed by atoms with E-state index in [2.05, 4.69) is 15.3 Å². The Balaban J connectivity index is 0.999. The zero-order valence-electron chi connectivity index (χ0n) is 36.9. The van der Waals surface area contributed by atoms with Crippen molar-refractivity contribution in [3.8, 4) is 33.6 Å². The van der Waals surface area contributed by atoms with Crippen LogP contribution in [0.4, 0.5) is 9.18 Å². The second kappa shape index (κ2) is 17.0. The van der Waals surface area contributed by atoms with Crippen LogP contribution in [0.15, 0.2) is 53.6 Å². The van der Waals surface area contributed by atoms with E-state index >= 15 is 4.39 Å². The van der Waals surface area contributed by atoms with E-state index in [1.807, 2.05) is 56.9 Å². The highest BCUT2D eigenvalue weighted by atomic mass is 19.1. The first-order valence-electron chi connectivity index (χ1n) is 22.7. The zero-order valence-corrected chi connectivity index (χ0v) is 36.9. The lowest BCUT2D eigenvalue weighted by molar-refractivity contribution is -0.135. The highest BCUT2D eigenvalue weighted by molar-refractivity contribution is 5.88. The van der Waals surface area contributed by atoms with Gasteiger partial charge in [-0.05, 0) is 116 Å². The van der Waals surface area contributed by atoms with Gasteiger partial charge in [0.15, 0.2) is 0 Å². The maximum Gasteiger partial charge on any atom is 0.407 e. The molecule has 1 unspecified atom stereocenters. The van der Waals surface area contributed by atoms with Gasteiger partial charge < -0.3 is 29.8 Å². The predicted molar refractivity (Wildman–Crippen MR) is 238 cm³/mol. The summed E-state index contributed by atoms with van der Waals surface area (Å²) in [6.07, 6.45) is 12.6. The Bertz CT molecular complexity index is 2630. The number of pyridine rings is 1. The van der Waals surface area contributed by atoms with Crippen LogP contribution in [0.25, 0.3) is 44.5 Å². The molecule has 330 valence electrons. The molecule has 3 aromatic heterocycles. The number of H-pyrrole nitrogens is 2. The number of amides is 3. The molecule has 2 aromatic carbocycles. The van der Waals surface area contributed by atoms with E-state index in [-0.39, 0.29) is 52.5 Å². The Morgan fingerprint density at radius 2 is 1.59 bits per heavy atom. The molecule has 9 rings (SSSR count). The monoisotopic (exact) mass is 856 g/mol. The van der Waals surface area contributed by atoms with Crippen LogP contribution in [0.2, 0.25) is 0 Å². The van der Waals surface area contributed by atoms with E-state index in [0.717, 1.165) is 92.2 Å². The summed E-state index contributed by atoms with van der Waals surface area (Å²) in [6, 6.07) is 9.71. The van der Waals surface area contributed by atoms with E-state index in [1.54, 1.807) is 29.4 Å². The number of aromatic nitrogens is 5. The molecule has 1 saturated carbocycles. The molecule has 2 aliphatic heterocycles. The van der Waals surface area contributed by atoms with Crippen LogP contribution < -0.4 is 10.9 Å². The number of likely N-dealkylation sites (tertiary alicyclic amines) is 2. The Hall–Kier alpha value is -5.92. The summed E-state index contributed by atoms with van der Waals surface area (Å²) in [7, 11) is 1.28. The SMILES string of the molecule is COC(=O)NC(C(=O)N1CCC[C@H]1c1ncc(-c2ccc(-c3cc(F)c(-c4ccc5nc([C@@H]6CCCN6C(=O)CC(C)C)[nH]c(=O)c5c4)c4c3CC3(CCCC3)C4)nc2)[nH]1)C(C)C. The van der Waals surface area contributed by atoms with Crippen LogP contribution in [0, 0.1) is 23.1 Å². The minimum atomic E-state index is -0.724. The Morgan fingerprint density at radius 1 is 0.873 bits per heavy atom. The summed E-state index contributed by atoms with van der Waals surface area (Å²) in [6.45, 7) is 9.04. The average molecular weight is 857 g/mol.